The fourth-order valence-electron chi connectivity index (χ4n) is 3.74. The van der Waals surface area contributed by atoms with E-state index in [2.05, 4.69) is 32.4 Å². The first-order valence-electron chi connectivity index (χ1n) is 9.62. The molecular weight excluding hydrogens is 329 g/mol. The normalized spacial score (nSPS) is 19.0. The molecule has 2 aromatic rings. The standard InChI is InChI=1S/C20H30FN5/c1-3-26-10-4-5-15(14-26)12-25-20(22-2)23-9-8-16-13-24-19-7-6-17(21)11-18(16)19/h6-7,11,13,15,24H,3-5,8-10,12,14H2,1-2H3,(H2,22,23,25). The van der Waals surface area contributed by atoms with Gasteiger partial charge in [0.25, 0.3) is 0 Å². The van der Waals surface area contributed by atoms with Crippen LogP contribution in [0.3, 0.4) is 0 Å². The Kier molecular flexibility index (Phi) is 6.50. The van der Waals surface area contributed by atoms with Crippen molar-refractivity contribution in [2.24, 2.45) is 10.9 Å². The first-order chi connectivity index (χ1) is 12.7. The quantitative estimate of drug-likeness (QED) is 0.549. The second kappa shape index (κ2) is 9.03. The number of likely N-dealkylation sites (tertiary alicyclic amines) is 1. The molecule has 1 aliphatic heterocycles. The predicted molar refractivity (Wildman–Crippen MR) is 106 cm³/mol. The molecule has 0 aliphatic carbocycles. The van der Waals surface area contributed by atoms with Crippen molar-refractivity contribution in [2.45, 2.75) is 26.2 Å². The Bertz CT molecular complexity index is 739. The van der Waals surface area contributed by atoms with Gasteiger partial charge in [-0.05, 0) is 62.0 Å². The zero-order valence-electron chi connectivity index (χ0n) is 15.8. The number of halogens is 1. The molecule has 1 aliphatic rings. The number of H-pyrrole nitrogens is 1. The second-order valence-corrected chi connectivity index (χ2v) is 7.04. The summed E-state index contributed by atoms with van der Waals surface area (Å²) in [5.74, 6) is 1.32. The lowest BCUT2D eigenvalue weighted by Crippen LogP contribution is -2.44. The van der Waals surface area contributed by atoms with E-state index in [4.69, 9.17) is 0 Å². The van der Waals surface area contributed by atoms with Crippen LogP contribution in [0.25, 0.3) is 10.9 Å². The van der Waals surface area contributed by atoms with Gasteiger partial charge in [-0.1, -0.05) is 6.92 Å². The molecule has 3 rings (SSSR count). The fraction of sp³-hybridized carbons (Fsp3) is 0.550. The number of piperidine rings is 1. The molecule has 0 amide bonds. The summed E-state index contributed by atoms with van der Waals surface area (Å²) in [4.78, 5) is 10.0. The Morgan fingerprint density at radius 3 is 3.08 bits per heavy atom. The van der Waals surface area contributed by atoms with Crippen LogP contribution in [-0.2, 0) is 6.42 Å². The molecule has 5 nitrogen and oxygen atoms in total. The lowest BCUT2D eigenvalue weighted by Gasteiger charge is -2.32. The van der Waals surface area contributed by atoms with Crippen LogP contribution in [0.4, 0.5) is 4.39 Å². The van der Waals surface area contributed by atoms with Gasteiger partial charge in [0, 0.05) is 43.8 Å². The van der Waals surface area contributed by atoms with Crippen LogP contribution in [0.2, 0.25) is 0 Å². The first kappa shape index (κ1) is 18.7. The average molecular weight is 359 g/mol. The van der Waals surface area contributed by atoms with E-state index in [0.29, 0.717) is 5.92 Å². The summed E-state index contributed by atoms with van der Waals surface area (Å²) in [6, 6.07) is 4.86. The third-order valence-corrected chi connectivity index (χ3v) is 5.25. The predicted octanol–water partition coefficient (Wildman–Crippen LogP) is 2.75. The molecule has 1 aromatic carbocycles. The molecule has 1 saturated heterocycles. The van der Waals surface area contributed by atoms with Gasteiger partial charge in [-0.15, -0.1) is 0 Å². The molecule has 1 unspecified atom stereocenters. The zero-order chi connectivity index (χ0) is 18.4. The van der Waals surface area contributed by atoms with Gasteiger partial charge in [0.2, 0.25) is 0 Å². The highest BCUT2D eigenvalue weighted by atomic mass is 19.1. The van der Waals surface area contributed by atoms with Crippen molar-refractivity contribution in [2.75, 3.05) is 39.8 Å². The van der Waals surface area contributed by atoms with E-state index in [0.717, 1.165) is 48.5 Å². The number of hydrogen-bond donors (Lipinski definition) is 3. The molecule has 6 heteroatoms. The third-order valence-electron chi connectivity index (χ3n) is 5.25. The van der Waals surface area contributed by atoms with E-state index < -0.39 is 0 Å². The minimum Gasteiger partial charge on any atom is -0.361 e. The van der Waals surface area contributed by atoms with Crippen LogP contribution in [-0.4, -0.2) is 55.6 Å². The van der Waals surface area contributed by atoms with E-state index in [9.17, 15) is 4.39 Å². The number of aromatic amines is 1. The van der Waals surface area contributed by atoms with Gasteiger partial charge in [-0.25, -0.2) is 4.39 Å². The molecule has 0 radical (unpaired) electrons. The molecule has 3 N–H and O–H groups in total. The van der Waals surface area contributed by atoms with Crippen molar-refractivity contribution in [3.05, 3.63) is 35.8 Å². The van der Waals surface area contributed by atoms with E-state index in [1.54, 1.807) is 19.2 Å². The highest BCUT2D eigenvalue weighted by Gasteiger charge is 2.18. The Morgan fingerprint density at radius 1 is 1.38 bits per heavy atom. The van der Waals surface area contributed by atoms with Gasteiger partial charge in [0.05, 0.1) is 0 Å². The Hall–Kier alpha value is -2.08. The molecule has 142 valence electrons. The lowest BCUT2D eigenvalue weighted by atomic mass is 9.98. The number of nitrogens with zero attached hydrogens (tertiary/aromatic N) is 2. The summed E-state index contributed by atoms with van der Waals surface area (Å²) >= 11 is 0. The van der Waals surface area contributed by atoms with E-state index in [1.165, 1.54) is 32.0 Å². The average Bonchev–Trinajstić information content (AvgIpc) is 3.06. The number of aliphatic imine (C=N–C) groups is 1. The Labute approximate surface area is 155 Å². The van der Waals surface area contributed by atoms with Gasteiger partial charge in [0.1, 0.15) is 5.82 Å². The highest BCUT2D eigenvalue weighted by Crippen LogP contribution is 2.19. The smallest absolute Gasteiger partial charge is 0.190 e. The topological polar surface area (TPSA) is 55.4 Å². The monoisotopic (exact) mass is 359 g/mol. The molecule has 1 atom stereocenters. The maximum atomic E-state index is 13.5. The minimum atomic E-state index is -0.197. The highest BCUT2D eigenvalue weighted by molar-refractivity contribution is 5.83. The zero-order valence-corrected chi connectivity index (χ0v) is 15.8. The van der Waals surface area contributed by atoms with Gasteiger partial charge in [0.15, 0.2) is 5.96 Å². The maximum absolute atomic E-state index is 13.5. The van der Waals surface area contributed by atoms with Crippen molar-refractivity contribution in [1.82, 2.24) is 20.5 Å². The molecule has 1 aromatic heterocycles. The number of aromatic nitrogens is 1. The largest absolute Gasteiger partial charge is 0.361 e. The Morgan fingerprint density at radius 2 is 2.27 bits per heavy atom. The van der Waals surface area contributed by atoms with Crippen molar-refractivity contribution in [3.8, 4) is 0 Å². The molecule has 2 heterocycles. The van der Waals surface area contributed by atoms with Crippen molar-refractivity contribution in [1.29, 1.82) is 0 Å². The van der Waals surface area contributed by atoms with Gasteiger partial charge in [-0.3, -0.25) is 4.99 Å². The second-order valence-electron chi connectivity index (χ2n) is 7.04. The molecule has 0 bridgehead atoms. The maximum Gasteiger partial charge on any atom is 0.190 e. The van der Waals surface area contributed by atoms with Gasteiger partial charge < -0.3 is 20.5 Å². The van der Waals surface area contributed by atoms with Crippen LogP contribution >= 0.6 is 0 Å². The summed E-state index contributed by atoms with van der Waals surface area (Å²) in [6.07, 6.45) is 5.34. The van der Waals surface area contributed by atoms with Crippen LogP contribution in [0, 0.1) is 11.7 Å². The van der Waals surface area contributed by atoms with Gasteiger partial charge in [-0.2, -0.15) is 0 Å². The molecule has 26 heavy (non-hydrogen) atoms. The first-order valence-corrected chi connectivity index (χ1v) is 9.62. The number of hydrogen-bond acceptors (Lipinski definition) is 2. The minimum absolute atomic E-state index is 0.197. The number of rotatable bonds is 6. The fourth-order valence-corrected chi connectivity index (χ4v) is 3.74. The number of guanidine groups is 1. The summed E-state index contributed by atoms with van der Waals surface area (Å²) in [5.41, 5.74) is 2.09. The van der Waals surface area contributed by atoms with E-state index in [-0.39, 0.29) is 5.82 Å². The summed E-state index contributed by atoms with van der Waals surface area (Å²) in [6.45, 7) is 7.47. The van der Waals surface area contributed by atoms with Crippen molar-refractivity contribution >= 4 is 16.9 Å². The van der Waals surface area contributed by atoms with E-state index in [1.807, 2.05) is 6.20 Å². The summed E-state index contributed by atoms with van der Waals surface area (Å²) in [7, 11) is 1.80. The van der Waals surface area contributed by atoms with Crippen LogP contribution in [0.5, 0.6) is 0 Å². The molecule has 0 spiro atoms. The summed E-state index contributed by atoms with van der Waals surface area (Å²) in [5, 5.41) is 7.78. The number of fused-ring (bicyclic) bond motifs is 1. The molecule has 0 saturated carbocycles. The SMILES string of the molecule is CCN1CCCC(CNC(=NC)NCCc2c[nH]c3ccc(F)cc23)C1. The lowest BCUT2D eigenvalue weighted by molar-refractivity contribution is 0.183. The molecule has 1 fully saturated rings. The number of benzene rings is 1. The van der Waals surface area contributed by atoms with Crippen molar-refractivity contribution < 1.29 is 4.39 Å². The Balaban J connectivity index is 1.46. The summed E-state index contributed by atoms with van der Waals surface area (Å²) < 4.78 is 13.5. The third kappa shape index (κ3) is 4.75. The van der Waals surface area contributed by atoms with Gasteiger partial charge >= 0.3 is 0 Å². The van der Waals surface area contributed by atoms with Crippen molar-refractivity contribution in [3.63, 3.8) is 0 Å². The molecular formula is C20H30FN5. The van der Waals surface area contributed by atoms with Crippen LogP contribution in [0.1, 0.15) is 25.3 Å². The van der Waals surface area contributed by atoms with Crippen LogP contribution < -0.4 is 10.6 Å². The van der Waals surface area contributed by atoms with E-state index >= 15 is 0 Å². The van der Waals surface area contributed by atoms with Crippen LogP contribution in [0.15, 0.2) is 29.4 Å². The number of nitrogens with one attached hydrogen (secondary N) is 3.